The van der Waals surface area contributed by atoms with E-state index in [1.807, 2.05) is 19.9 Å². The highest BCUT2D eigenvalue weighted by atomic mass is 16.5. The van der Waals surface area contributed by atoms with Gasteiger partial charge in [-0.05, 0) is 6.92 Å². The second-order valence-electron chi connectivity index (χ2n) is 3.28. The van der Waals surface area contributed by atoms with Crippen molar-refractivity contribution in [2.75, 3.05) is 0 Å². The van der Waals surface area contributed by atoms with Gasteiger partial charge >= 0.3 is 0 Å². The van der Waals surface area contributed by atoms with Crippen LogP contribution in [0.3, 0.4) is 0 Å². The van der Waals surface area contributed by atoms with Crippen molar-refractivity contribution < 1.29 is 4.74 Å². The molecule has 5 nitrogen and oxygen atoms in total. The maximum absolute atomic E-state index is 8.89. The Bertz CT molecular complexity index is 452. The number of fused-ring (bicyclic) bond motifs is 1. The summed E-state index contributed by atoms with van der Waals surface area (Å²) < 4.78 is 5.22. The van der Waals surface area contributed by atoms with E-state index in [1.165, 1.54) is 0 Å². The van der Waals surface area contributed by atoms with Gasteiger partial charge in [0.15, 0.2) is 0 Å². The molecule has 0 saturated heterocycles. The first-order valence-corrected chi connectivity index (χ1v) is 4.27. The zero-order valence-electron chi connectivity index (χ0n) is 7.96. The first kappa shape index (κ1) is 8.63. The van der Waals surface area contributed by atoms with Gasteiger partial charge in [0.25, 0.3) is 0 Å². The van der Waals surface area contributed by atoms with Crippen molar-refractivity contribution in [2.45, 2.75) is 19.8 Å². The number of aromatic amines is 1. The maximum Gasteiger partial charge on any atom is 0.243 e. The fraction of sp³-hybridized carbons (Fsp3) is 0.333. The first-order valence-electron chi connectivity index (χ1n) is 4.27. The molecule has 5 heteroatoms. The van der Waals surface area contributed by atoms with Crippen molar-refractivity contribution in [2.24, 2.45) is 5.73 Å². The van der Waals surface area contributed by atoms with E-state index in [4.69, 9.17) is 15.7 Å². The van der Waals surface area contributed by atoms with Crippen molar-refractivity contribution in [3.05, 3.63) is 22.7 Å². The Labute approximate surface area is 81.2 Å². The van der Waals surface area contributed by atoms with Crippen LogP contribution in [0.1, 0.15) is 24.1 Å². The molecule has 0 aliphatic carbocycles. The number of aryl methyl sites for hydroxylation is 1. The van der Waals surface area contributed by atoms with Crippen molar-refractivity contribution in [1.82, 2.24) is 10.2 Å². The lowest BCUT2D eigenvalue weighted by Gasteiger charge is -2.19. The Kier molecular flexibility index (Phi) is 1.71. The smallest absolute Gasteiger partial charge is 0.243 e. The van der Waals surface area contributed by atoms with Crippen LogP contribution in [0.4, 0.5) is 0 Å². The second-order valence-corrected chi connectivity index (χ2v) is 3.28. The Balaban J connectivity index is 2.57. The Morgan fingerprint density at radius 3 is 3.00 bits per heavy atom. The third kappa shape index (κ3) is 0.973. The van der Waals surface area contributed by atoms with Gasteiger partial charge in [-0.25, -0.2) is 0 Å². The molecule has 1 aliphatic rings. The summed E-state index contributed by atoms with van der Waals surface area (Å²) in [5.74, 6) is 0.577. The first-order chi connectivity index (χ1) is 6.65. The number of hydrogen-bond donors (Lipinski definition) is 2. The number of hydrogen-bond acceptors (Lipinski definition) is 4. The van der Waals surface area contributed by atoms with Gasteiger partial charge in [-0.3, -0.25) is 5.10 Å². The Hall–Kier alpha value is -1.96. The van der Waals surface area contributed by atoms with Crippen LogP contribution in [0.5, 0.6) is 5.88 Å². The Morgan fingerprint density at radius 1 is 1.64 bits per heavy atom. The summed E-state index contributed by atoms with van der Waals surface area (Å²) in [6.45, 7) is 3.80. The standard InChI is InChI=1S/C9H10N4O/c1-4-6(3-10)8(11)14-9-7(4)5(2)12-13-9/h4H,11H2,1-2H3,(H,12,13). The number of aromatic nitrogens is 2. The number of nitrogens with zero attached hydrogens (tertiary/aromatic N) is 2. The van der Waals surface area contributed by atoms with E-state index in [0.29, 0.717) is 11.5 Å². The molecule has 0 spiro atoms. The molecule has 1 atom stereocenters. The van der Waals surface area contributed by atoms with Crippen LogP contribution >= 0.6 is 0 Å². The van der Waals surface area contributed by atoms with Gasteiger partial charge in [0, 0.05) is 17.2 Å². The molecule has 1 aliphatic heterocycles. The summed E-state index contributed by atoms with van der Waals surface area (Å²) in [7, 11) is 0. The number of rotatable bonds is 0. The second kappa shape index (κ2) is 2.77. The molecule has 2 heterocycles. The molecular formula is C9H10N4O. The van der Waals surface area contributed by atoms with E-state index in [9.17, 15) is 0 Å². The zero-order chi connectivity index (χ0) is 10.3. The average Bonchev–Trinajstić information content (AvgIpc) is 2.48. The van der Waals surface area contributed by atoms with Crippen LogP contribution < -0.4 is 10.5 Å². The predicted octanol–water partition coefficient (Wildman–Crippen LogP) is 0.908. The molecule has 72 valence electrons. The van der Waals surface area contributed by atoms with Crippen LogP contribution in [-0.4, -0.2) is 10.2 Å². The third-order valence-electron chi connectivity index (χ3n) is 2.42. The molecule has 2 rings (SSSR count). The van der Waals surface area contributed by atoms with Gasteiger partial charge in [0.2, 0.25) is 11.8 Å². The zero-order valence-corrected chi connectivity index (χ0v) is 7.96. The minimum absolute atomic E-state index is 0.0532. The van der Waals surface area contributed by atoms with E-state index in [2.05, 4.69) is 10.2 Å². The lowest BCUT2D eigenvalue weighted by Crippen LogP contribution is -2.18. The minimum atomic E-state index is -0.0532. The van der Waals surface area contributed by atoms with Gasteiger partial charge in [-0.15, -0.1) is 5.10 Å². The van der Waals surface area contributed by atoms with Gasteiger partial charge < -0.3 is 10.5 Å². The fourth-order valence-corrected chi connectivity index (χ4v) is 1.67. The maximum atomic E-state index is 8.89. The van der Waals surface area contributed by atoms with Crippen molar-refractivity contribution in [1.29, 1.82) is 5.26 Å². The highest BCUT2D eigenvalue weighted by molar-refractivity contribution is 5.47. The summed E-state index contributed by atoms with van der Waals surface area (Å²) in [4.78, 5) is 0. The quantitative estimate of drug-likeness (QED) is 0.636. The normalized spacial score (nSPS) is 19.9. The number of nitrogens with one attached hydrogen (secondary N) is 1. The lowest BCUT2D eigenvalue weighted by molar-refractivity contribution is 0.376. The van der Waals surface area contributed by atoms with E-state index in [-0.39, 0.29) is 11.8 Å². The van der Waals surface area contributed by atoms with Gasteiger partial charge in [-0.1, -0.05) is 6.92 Å². The molecule has 14 heavy (non-hydrogen) atoms. The molecule has 0 bridgehead atoms. The Morgan fingerprint density at radius 2 is 2.36 bits per heavy atom. The van der Waals surface area contributed by atoms with Crippen LogP contribution in [0.25, 0.3) is 0 Å². The van der Waals surface area contributed by atoms with E-state index in [0.717, 1.165) is 11.3 Å². The molecule has 3 N–H and O–H groups in total. The topological polar surface area (TPSA) is 87.7 Å². The summed E-state index contributed by atoms with van der Waals surface area (Å²) >= 11 is 0. The van der Waals surface area contributed by atoms with E-state index >= 15 is 0 Å². The van der Waals surface area contributed by atoms with Gasteiger partial charge in [0.05, 0.1) is 5.57 Å². The molecule has 1 aromatic heterocycles. The third-order valence-corrected chi connectivity index (χ3v) is 2.42. The van der Waals surface area contributed by atoms with E-state index in [1.54, 1.807) is 0 Å². The number of H-pyrrole nitrogens is 1. The minimum Gasteiger partial charge on any atom is -0.420 e. The molecule has 1 aromatic rings. The molecule has 0 saturated carbocycles. The van der Waals surface area contributed by atoms with Gasteiger partial charge in [-0.2, -0.15) is 5.26 Å². The van der Waals surface area contributed by atoms with Crippen molar-refractivity contribution in [3.8, 4) is 11.9 Å². The molecule has 0 radical (unpaired) electrons. The monoisotopic (exact) mass is 190 g/mol. The largest absolute Gasteiger partial charge is 0.420 e. The van der Waals surface area contributed by atoms with Crippen LogP contribution in [0, 0.1) is 18.3 Å². The number of nitrogens with two attached hydrogens (primary N) is 1. The highest BCUT2D eigenvalue weighted by Gasteiger charge is 2.29. The molecule has 0 aromatic carbocycles. The number of nitriles is 1. The molecule has 1 unspecified atom stereocenters. The average molecular weight is 190 g/mol. The van der Waals surface area contributed by atoms with Crippen LogP contribution in [-0.2, 0) is 0 Å². The van der Waals surface area contributed by atoms with Crippen molar-refractivity contribution >= 4 is 0 Å². The SMILES string of the molecule is Cc1[nH]nc2c1C(C)C(C#N)=C(N)O2. The predicted molar refractivity (Wildman–Crippen MR) is 49.2 cm³/mol. The van der Waals surface area contributed by atoms with Gasteiger partial charge in [0.1, 0.15) is 6.07 Å². The van der Waals surface area contributed by atoms with Crippen LogP contribution in [0.2, 0.25) is 0 Å². The molecule has 0 amide bonds. The summed E-state index contributed by atoms with van der Waals surface area (Å²) in [5.41, 5.74) is 7.87. The molecular weight excluding hydrogens is 180 g/mol. The lowest BCUT2D eigenvalue weighted by atomic mass is 9.92. The number of allylic oxidation sites excluding steroid dienone is 1. The highest BCUT2D eigenvalue weighted by Crippen LogP contribution is 2.37. The summed E-state index contributed by atoms with van der Waals surface area (Å²) in [6, 6.07) is 2.05. The summed E-state index contributed by atoms with van der Waals surface area (Å²) in [6.07, 6.45) is 0. The van der Waals surface area contributed by atoms with Crippen molar-refractivity contribution in [3.63, 3.8) is 0 Å². The fourth-order valence-electron chi connectivity index (χ4n) is 1.67. The number of ether oxygens (including phenoxy) is 1. The summed E-state index contributed by atoms with van der Waals surface area (Å²) in [5, 5.41) is 15.7. The van der Waals surface area contributed by atoms with Crippen LogP contribution in [0.15, 0.2) is 11.5 Å². The molecule has 0 fully saturated rings. The van der Waals surface area contributed by atoms with E-state index < -0.39 is 0 Å².